The monoisotopic (exact) mass is 333 g/mol. The lowest BCUT2D eigenvalue weighted by molar-refractivity contribution is 0.629. The highest BCUT2D eigenvalue weighted by Gasteiger charge is 2.06. The van der Waals surface area contributed by atoms with Crippen molar-refractivity contribution in [2.24, 2.45) is 0 Å². The minimum Gasteiger partial charge on any atom is -0.369 e. The fourth-order valence-corrected chi connectivity index (χ4v) is 2.70. The summed E-state index contributed by atoms with van der Waals surface area (Å²) < 4.78 is 15.3. The Balaban J connectivity index is 1.45. The average molecular weight is 333 g/mol. The summed E-state index contributed by atoms with van der Waals surface area (Å²) in [6, 6.07) is 16.5. The molecule has 0 saturated carbocycles. The van der Waals surface area contributed by atoms with Gasteiger partial charge in [-0.15, -0.1) is 0 Å². The van der Waals surface area contributed by atoms with Crippen molar-refractivity contribution in [3.63, 3.8) is 0 Å². The molecule has 0 atom stereocenters. The van der Waals surface area contributed by atoms with E-state index < -0.39 is 0 Å². The van der Waals surface area contributed by atoms with Crippen molar-refractivity contribution in [3.05, 3.63) is 78.6 Å². The summed E-state index contributed by atoms with van der Waals surface area (Å²) >= 11 is 0. The molecule has 0 aliphatic carbocycles. The van der Waals surface area contributed by atoms with E-state index in [0.29, 0.717) is 23.3 Å². The Labute approximate surface area is 144 Å². The minimum absolute atomic E-state index is 0.299. The van der Waals surface area contributed by atoms with Gasteiger partial charge >= 0.3 is 0 Å². The fraction of sp³-hybridized carbons (Fsp3) is 0.105. The second-order valence-corrected chi connectivity index (χ2v) is 5.65. The van der Waals surface area contributed by atoms with E-state index in [2.05, 4.69) is 20.4 Å². The van der Waals surface area contributed by atoms with Crippen LogP contribution in [0.15, 0.2) is 67.1 Å². The molecule has 0 aliphatic rings. The molecule has 4 rings (SSSR count). The quantitative estimate of drug-likeness (QED) is 0.606. The molecule has 2 aromatic heterocycles. The Morgan fingerprint density at radius 1 is 1.00 bits per heavy atom. The average Bonchev–Trinajstić information content (AvgIpc) is 3.12. The third kappa shape index (κ3) is 3.33. The van der Waals surface area contributed by atoms with Crippen LogP contribution in [0, 0.1) is 5.82 Å². The van der Waals surface area contributed by atoms with Crippen molar-refractivity contribution in [1.82, 2.24) is 19.7 Å². The SMILES string of the molecule is Fc1ccc2ncnc(NCCc3ccn(-c4ccccc4)n3)c2c1. The molecule has 1 N–H and O–H groups in total. The summed E-state index contributed by atoms with van der Waals surface area (Å²) in [5, 5.41) is 8.50. The fourth-order valence-electron chi connectivity index (χ4n) is 2.70. The molecule has 6 heteroatoms. The zero-order chi connectivity index (χ0) is 17.1. The summed E-state index contributed by atoms with van der Waals surface area (Å²) in [5.74, 6) is 0.332. The van der Waals surface area contributed by atoms with Crippen LogP contribution >= 0.6 is 0 Å². The van der Waals surface area contributed by atoms with E-state index in [-0.39, 0.29) is 5.82 Å². The standard InChI is InChI=1S/C19H16FN5/c20-14-6-7-18-17(12-14)19(23-13-22-18)21-10-8-15-9-11-25(24-15)16-4-2-1-3-5-16/h1-7,9,11-13H,8,10H2,(H,21,22,23). The molecule has 0 unspecified atom stereocenters. The first-order valence-corrected chi connectivity index (χ1v) is 8.04. The van der Waals surface area contributed by atoms with E-state index in [1.807, 2.05) is 47.3 Å². The van der Waals surface area contributed by atoms with E-state index in [0.717, 1.165) is 17.8 Å². The molecule has 0 fully saturated rings. The van der Waals surface area contributed by atoms with Crippen LogP contribution < -0.4 is 5.32 Å². The minimum atomic E-state index is -0.299. The van der Waals surface area contributed by atoms with E-state index in [1.54, 1.807) is 6.07 Å². The Morgan fingerprint density at radius 3 is 2.76 bits per heavy atom. The van der Waals surface area contributed by atoms with Crippen molar-refractivity contribution in [2.45, 2.75) is 6.42 Å². The number of fused-ring (bicyclic) bond motifs is 1. The lowest BCUT2D eigenvalue weighted by Gasteiger charge is -2.07. The van der Waals surface area contributed by atoms with Crippen molar-refractivity contribution < 1.29 is 4.39 Å². The first kappa shape index (κ1) is 15.3. The summed E-state index contributed by atoms with van der Waals surface area (Å²) in [6.07, 6.45) is 4.16. The van der Waals surface area contributed by atoms with Gasteiger partial charge in [0, 0.05) is 24.5 Å². The van der Waals surface area contributed by atoms with Crippen LogP contribution in [0.25, 0.3) is 16.6 Å². The number of benzene rings is 2. The Morgan fingerprint density at radius 2 is 1.88 bits per heavy atom. The van der Waals surface area contributed by atoms with Gasteiger partial charge in [0.15, 0.2) is 0 Å². The van der Waals surface area contributed by atoms with Gasteiger partial charge < -0.3 is 5.32 Å². The molecule has 0 saturated heterocycles. The maximum atomic E-state index is 13.5. The van der Waals surface area contributed by atoms with Gasteiger partial charge in [-0.25, -0.2) is 19.0 Å². The predicted octanol–water partition coefficient (Wildman–Crippen LogP) is 3.61. The smallest absolute Gasteiger partial charge is 0.137 e. The molecular weight excluding hydrogens is 317 g/mol. The van der Waals surface area contributed by atoms with Crippen LogP contribution in [0.3, 0.4) is 0 Å². The molecule has 2 heterocycles. The molecule has 25 heavy (non-hydrogen) atoms. The molecule has 0 radical (unpaired) electrons. The molecule has 124 valence electrons. The summed E-state index contributed by atoms with van der Waals surface area (Å²) in [7, 11) is 0. The van der Waals surface area contributed by atoms with Crippen LogP contribution in [-0.4, -0.2) is 26.3 Å². The number of nitrogens with zero attached hydrogens (tertiary/aromatic N) is 4. The number of aromatic nitrogens is 4. The Bertz CT molecular complexity index is 997. The normalized spacial score (nSPS) is 10.9. The second kappa shape index (κ2) is 6.68. The molecule has 0 bridgehead atoms. The number of hydrogen-bond acceptors (Lipinski definition) is 4. The van der Waals surface area contributed by atoms with Crippen molar-refractivity contribution in [3.8, 4) is 5.69 Å². The summed E-state index contributed by atoms with van der Waals surface area (Å²) in [5.41, 5.74) is 2.71. The van der Waals surface area contributed by atoms with Crippen molar-refractivity contribution in [1.29, 1.82) is 0 Å². The highest BCUT2D eigenvalue weighted by Crippen LogP contribution is 2.20. The molecule has 0 spiro atoms. The lowest BCUT2D eigenvalue weighted by Crippen LogP contribution is -2.08. The van der Waals surface area contributed by atoms with Crippen LogP contribution in [0.4, 0.5) is 10.2 Å². The topological polar surface area (TPSA) is 55.6 Å². The van der Waals surface area contributed by atoms with Gasteiger partial charge in [-0.3, -0.25) is 0 Å². The second-order valence-electron chi connectivity index (χ2n) is 5.65. The van der Waals surface area contributed by atoms with Crippen molar-refractivity contribution in [2.75, 3.05) is 11.9 Å². The highest BCUT2D eigenvalue weighted by atomic mass is 19.1. The van der Waals surface area contributed by atoms with E-state index in [1.165, 1.54) is 18.5 Å². The van der Waals surface area contributed by atoms with E-state index in [9.17, 15) is 4.39 Å². The molecule has 2 aromatic carbocycles. The maximum Gasteiger partial charge on any atom is 0.137 e. The van der Waals surface area contributed by atoms with Crippen LogP contribution in [-0.2, 0) is 6.42 Å². The Hall–Kier alpha value is -3.28. The number of rotatable bonds is 5. The van der Waals surface area contributed by atoms with Gasteiger partial charge in [0.25, 0.3) is 0 Å². The van der Waals surface area contributed by atoms with Gasteiger partial charge in [-0.1, -0.05) is 18.2 Å². The zero-order valence-corrected chi connectivity index (χ0v) is 13.4. The van der Waals surface area contributed by atoms with E-state index in [4.69, 9.17) is 0 Å². The number of anilines is 1. The summed E-state index contributed by atoms with van der Waals surface area (Å²) in [6.45, 7) is 0.647. The van der Waals surface area contributed by atoms with Gasteiger partial charge in [0.2, 0.25) is 0 Å². The predicted molar refractivity (Wildman–Crippen MR) is 95.3 cm³/mol. The van der Waals surface area contributed by atoms with Gasteiger partial charge in [-0.2, -0.15) is 5.10 Å². The molecule has 0 amide bonds. The maximum absolute atomic E-state index is 13.5. The third-order valence-corrected chi connectivity index (χ3v) is 3.94. The third-order valence-electron chi connectivity index (χ3n) is 3.94. The largest absolute Gasteiger partial charge is 0.369 e. The number of hydrogen-bond donors (Lipinski definition) is 1. The Kier molecular flexibility index (Phi) is 4.08. The molecule has 4 aromatic rings. The lowest BCUT2D eigenvalue weighted by atomic mass is 10.2. The van der Waals surface area contributed by atoms with Crippen molar-refractivity contribution >= 4 is 16.7 Å². The number of para-hydroxylation sites is 1. The first-order valence-electron chi connectivity index (χ1n) is 8.04. The zero-order valence-electron chi connectivity index (χ0n) is 13.4. The van der Waals surface area contributed by atoms with Gasteiger partial charge in [-0.05, 0) is 36.4 Å². The highest BCUT2D eigenvalue weighted by molar-refractivity contribution is 5.88. The summed E-state index contributed by atoms with van der Waals surface area (Å²) in [4.78, 5) is 8.37. The van der Waals surface area contributed by atoms with E-state index >= 15 is 0 Å². The van der Waals surface area contributed by atoms with Crippen LogP contribution in [0.5, 0.6) is 0 Å². The first-order chi connectivity index (χ1) is 12.3. The van der Waals surface area contributed by atoms with Gasteiger partial charge in [0.05, 0.1) is 16.9 Å². The van der Waals surface area contributed by atoms with Crippen LogP contribution in [0.1, 0.15) is 5.69 Å². The van der Waals surface area contributed by atoms with Gasteiger partial charge in [0.1, 0.15) is 18.0 Å². The van der Waals surface area contributed by atoms with Crippen LogP contribution in [0.2, 0.25) is 0 Å². The number of nitrogens with one attached hydrogen (secondary N) is 1. The molecular formula is C19H16FN5. The molecule has 0 aliphatic heterocycles. The number of halogens is 1. The molecule has 5 nitrogen and oxygen atoms in total.